The van der Waals surface area contributed by atoms with Crippen molar-refractivity contribution in [1.82, 2.24) is 5.32 Å². The van der Waals surface area contributed by atoms with E-state index in [1.54, 1.807) is 6.92 Å². The van der Waals surface area contributed by atoms with Gasteiger partial charge in [0.2, 0.25) is 0 Å². The number of hydrogen-bond donors (Lipinski definition) is 2. The molecule has 6 heteroatoms. The quantitative estimate of drug-likeness (QED) is 0.424. The zero-order chi connectivity index (χ0) is 12.6. The van der Waals surface area contributed by atoms with Crippen molar-refractivity contribution in [2.75, 3.05) is 13.2 Å². The summed E-state index contributed by atoms with van der Waals surface area (Å²) in [7, 11) is 0. The maximum absolute atomic E-state index is 11.2. The number of rotatable bonds is 9. The van der Waals surface area contributed by atoms with Crippen LogP contribution in [0, 0.1) is 0 Å². The van der Waals surface area contributed by atoms with Gasteiger partial charge in [-0.15, -0.1) is 0 Å². The molecule has 16 heavy (non-hydrogen) atoms. The summed E-state index contributed by atoms with van der Waals surface area (Å²) in [6.07, 6.45) is 0.428. The Bertz CT molecular complexity index is 246. The molecular formula is C10H18N2O4. The first-order valence-electron chi connectivity index (χ1n) is 4.95. The van der Waals surface area contributed by atoms with Crippen LogP contribution in [0.5, 0.6) is 0 Å². The number of carbonyl (C=O) groups is 2. The Hall–Kier alpha value is -1.40. The van der Waals surface area contributed by atoms with Gasteiger partial charge in [-0.2, -0.15) is 5.90 Å². The summed E-state index contributed by atoms with van der Waals surface area (Å²) in [5, 5.41) is 2.79. The molecule has 0 aliphatic heterocycles. The van der Waals surface area contributed by atoms with E-state index in [1.165, 1.54) is 6.92 Å². The van der Waals surface area contributed by atoms with Crippen LogP contribution < -0.4 is 11.2 Å². The summed E-state index contributed by atoms with van der Waals surface area (Å²) >= 11 is 0. The molecule has 0 aromatic heterocycles. The number of ether oxygens (including phenoxy) is 1. The number of ketones is 2. The van der Waals surface area contributed by atoms with Crippen LogP contribution in [0.3, 0.4) is 0 Å². The molecule has 0 aromatic rings. The van der Waals surface area contributed by atoms with Crippen LogP contribution in [-0.2, 0) is 19.2 Å². The van der Waals surface area contributed by atoms with Crippen molar-refractivity contribution < 1.29 is 19.2 Å². The van der Waals surface area contributed by atoms with Crippen molar-refractivity contribution in [3.05, 3.63) is 12.5 Å². The summed E-state index contributed by atoms with van der Waals surface area (Å²) in [5.41, 5.74) is 0. The third-order valence-electron chi connectivity index (χ3n) is 1.97. The highest BCUT2D eigenvalue weighted by Crippen LogP contribution is 1.96. The molecule has 0 heterocycles. The van der Waals surface area contributed by atoms with Crippen LogP contribution in [0.4, 0.5) is 0 Å². The molecule has 0 saturated carbocycles. The standard InChI is InChI=1S/C10H18N2O4/c1-4-9(14)5-12-10(7(2)13)6-15-8(3)16-11/h10,12H,3-6,11H2,1-2H3. The Morgan fingerprint density at radius 1 is 1.50 bits per heavy atom. The summed E-state index contributed by atoms with van der Waals surface area (Å²) < 4.78 is 4.94. The minimum atomic E-state index is -0.567. The van der Waals surface area contributed by atoms with Gasteiger partial charge >= 0.3 is 0 Å². The van der Waals surface area contributed by atoms with E-state index in [-0.39, 0.29) is 30.7 Å². The largest absolute Gasteiger partial charge is 0.463 e. The average molecular weight is 230 g/mol. The van der Waals surface area contributed by atoms with Crippen molar-refractivity contribution in [1.29, 1.82) is 0 Å². The van der Waals surface area contributed by atoms with E-state index in [0.29, 0.717) is 6.42 Å². The van der Waals surface area contributed by atoms with E-state index in [0.717, 1.165) is 0 Å². The lowest BCUT2D eigenvalue weighted by atomic mass is 10.2. The highest BCUT2D eigenvalue weighted by Gasteiger charge is 2.15. The molecule has 1 unspecified atom stereocenters. The topological polar surface area (TPSA) is 90.7 Å². The van der Waals surface area contributed by atoms with Crippen LogP contribution in [0.2, 0.25) is 0 Å². The van der Waals surface area contributed by atoms with Gasteiger partial charge in [0.15, 0.2) is 0 Å². The lowest BCUT2D eigenvalue weighted by Gasteiger charge is -2.16. The first kappa shape index (κ1) is 14.6. The predicted molar refractivity (Wildman–Crippen MR) is 58.1 cm³/mol. The number of Topliss-reactive ketones (excluding diaryl/α,β-unsaturated/α-hetero) is 2. The minimum Gasteiger partial charge on any atom is -0.463 e. The van der Waals surface area contributed by atoms with E-state index >= 15 is 0 Å². The molecule has 0 saturated heterocycles. The molecule has 0 spiro atoms. The first-order valence-corrected chi connectivity index (χ1v) is 4.95. The monoisotopic (exact) mass is 230 g/mol. The zero-order valence-electron chi connectivity index (χ0n) is 9.62. The van der Waals surface area contributed by atoms with Gasteiger partial charge in [0, 0.05) is 6.42 Å². The number of nitrogens with one attached hydrogen (secondary N) is 1. The Morgan fingerprint density at radius 3 is 2.56 bits per heavy atom. The van der Waals surface area contributed by atoms with E-state index in [2.05, 4.69) is 16.7 Å². The van der Waals surface area contributed by atoms with E-state index in [4.69, 9.17) is 10.6 Å². The van der Waals surface area contributed by atoms with Gasteiger partial charge < -0.3 is 9.57 Å². The predicted octanol–water partition coefficient (Wildman–Crippen LogP) is -0.109. The van der Waals surface area contributed by atoms with Crippen molar-refractivity contribution >= 4 is 11.6 Å². The number of nitrogens with two attached hydrogens (primary N) is 1. The van der Waals surface area contributed by atoms with Gasteiger partial charge in [0.1, 0.15) is 24.2 Å². The first-order chi connectivity index (χ1) is 7.51. The second-order valence-corrected chi connectivity index (χ2v) is 3.24. The molecule has 0 aliphatic carbocycles. The molecule has 6 nitrogen and oxygen atoms in total. The van der Waals surface area contributed by atoms with Gasteiger partial charge in [0.25, 0.3) is 5.95 Å². The van der Waals surface area contributed by atoms with Crippen LogP contribution in [-0.4, -0.2) is 30.8 Å². The van der Waals surface area contributed by atoms with Gasteiger partial charge in [-0.05, 0) is 13.5 Å². The van der Waals surface area contributed by atoms with Crippen molar-refractivity contribution in [2.45, 2.75) is 26.3 Å². The average Bonchev–Trinajstić information content (AvgIpc) is 2.27. The summed E-state index contributed by atoms with van der Waals surface area (Å²) in [4.78, 5) is 26.5. The van der Waals surface area contributed by atoms with Crippen molar-refractivity contribution in [3.63, 3.8) is 0 Å². The Kier molecular flexibility index (Phi) is 7.15. The molecular weight excluding hydrogens is 212 g/mol. The smallest absolute Gasteiger partial charge is 0.291 e. The molecule has 0 aromatic carbocycles. The van der Waals surface area contributed by atoms with E-state index in [9.17, 15) is 9.59 Å². The zero-order valence-corrected chi connectivity index (χ0v) is 9.62. The maximum Gasteiger partial charge on any atom is 0.291 e. The summed E-state index contributed by atoms with van der Waals surface area (Å²) in [5.74, 6) is 4.62. The second kappa shape index (κ2) is 7.84. The molecule has 3 N–H and O–H groups in total. The number of carbonyl (C=O) groups excluding carboxylic acids is 2. The highest BCUT2D eigenvalue weighted by molar-refractivity contribution is 5.84. The highest BCUT2D eigenvalue weighted by atomic mass is 16.7. The van der Waals surface area contributed by atoms with Gasteiger partial charge in [0.05, 0.1) is 6.54 Å². The van der Waals surface area contributed by atoms with Crippen molar-refractivity contribution in [3.8, 4) is 0 Å². The van der Waals surface area contributed by atoms with Crippen molar-refractivity contribution in [2.24, 2.45) is 5.90 Å². The molecule has 0 aliphatic rings. The van der Waals surface area contributed by atoms with E-state index in [1.807, 2.05) is 0 Å². The number of hydrogen-bond acceptors (Lipinski definition) is 6. The second-order valence-electron chi connectivity index (χ2n) is 3.24. The molecule has 0 fully saturated rings. The Balaban J connectivity index is 4.03. The third kappa shape index (κ3) is 6.15. The van der Waals surface area contributed by atoms with Crippen LogP contribution in [0.15, 0.2) is 12.5 Å². The molecule has 0 radical (unpaired) electrons. The van der Waals surface area contributed by atoms with Gasteiger partial charge in [-0.25, -0.2) is 0 Å². The fourth-order valence-corrected chi connectivity index (χ4v) is 0.892. The maximum atomic E-state index is 11.2. The minimum absolute atomic E-state index is 0.0279. The van der Waals surface area contributed by atoms with E-state index < -0.39 is 6.04 Å². The van der Waals surface area contributed by atoms with Crippen LogP contribution in [0.25, 0.3) is 0 Å². The lowest BCUT2D eigenvalue weighted by Crippen LogP contribution is -2.42. The molecule has 1 atom stereocenters. The van der Waals surface area contributed by atoms with Gasteiger partial charge in [-0.1, -0.05) is 6.92 Å². The fourth-order valence-electron chi connectivity index (χ4n) is 0.892. The third-order valence-corrected chi connectivity index (χ3v) is 1.97. The Morgan fingerprint density at radius 2 is 2.12 bits per heavy atom. The molecule has 92 valence electrons. The van der Waals surface area contributed by atoms with Crippen LogP contribution >= 0.6 is 0 Å². The SMILES string of the molecule is C=C(ON)OCC(NCC(=O)CC)C(C)=O. The summed E-state index contributed by atoms with van der Waals surface area (Å²) in [6, 6.07) is -0.567. The molecule has 0 bridgehead atoms. The van der Waals surface area contributed by atoms with Crippen LogP contribution in [0.1, 0.15) is 20.3 Å². The molecule has 0 rings (SSSR count). The normalized spacial score (nSPS) is 11.7. The fraction of sp³-hybridized carbons (Fsp3) is 0.600. The summed E-state index contributed by atoms with van der Waals surface area (Å²) in [6.45, 7) is 6.67. The Labute approximate surface area is 94.7 Å². The van der Waals surface area contributed by atoms with Gasteiger partial charge in [-0.3, -0.25) is 14.9 Å². The lowest BCUT2D eigenvalue weighted by molar-refractivity contribution is -0.121. The molecule has 0 amide bonds.